The molecular weight excluding hydrogens is 308 g/mol. The van der Waals surface area contributed by atoms with Crippen LogP contribution in [-0.4, -0.2) is 28.3 Å². The van der Waals surface area contributed by atoms with Crippen LogP contribution in [0.25, 0.3) is 0 Å². The van der Waals surface area contributed by atoms with Crippen molar-refractivity contribution in [1.82, 2.24) is 4.83 Å². The van der Waals surface area contributed by atoms with Crippen LogP contribution in [0.1, 0.15) is 12.7 Å². The lowest BCUT2D eigenvalue weighted by atomic mass is 10.3. The molecule has 118 valence electrons. The van der Waals surface area contributed by atoms with Gasteiger partial charge in [0.15, 0.2) is 0 Å². The number of benzene rings is 1. The predicted molar refractivity (Wildman–Crippen MR) is 80.8 cm³/mol. The number of furan rings is 1. The zero-order chi connectivity index (χ0) is 16.2. The van der Waals surface area contributed by atoms with Gasteiger partial charge in [0, 0.05) is 6.07 Å². The molecule has 1 heterocycles. The van der Waals surface area contributed by atoms with Gasteiger partial charge in [0.2, 0.25) is 0 Å². The second kappa shape index (κ2) is 6.52. The molecule has 0 aliphatic rings. The van der Waals surface area contributed by atoms with Crippen molar-refractivity contribution in [1.29, 1.82) is 0 Å². The minimum atomic E-state index is -3.91. The lowest BCUT2D eigenvalue weighted by molar-refractivity contribution is 0.392. The van der Waals surface area contributed by atoms with Gasteiger partial charge in [0.1, 0.15) is 27.9 Å². The Morgan fingerprint density at radius 1 is 1.23 bits per heavy atom. The molecule has 0 saturated carbocycles. The third-order valence-corrected chi connectivity index (χ3v) is 4.10. The molecule has 7 nitrogen and oxygen atoms in total. The van der Waals surface area contributed by atoms with Gasteiger partial charge in [-0.25, -0.2) is 0 Å². The molecular formula is C14H16N2O5S. The Balaban J connectivity index is 2.32. The quantitative estimate of drug-likeness (QED) is 0.648. The molecule has 1 N–H and O–H groups in total. The number of ether oxygens (including phenoxy) is 2. The van der Waals surface area contributed by atoms with Gasteiger partial charge in [-0.3, -0.25) is 0 Å². The van der Waals surface area contributed by atoms with Crippen molar-refractivity contribution in [2.75, 3.05) is 14.2 Å². The SMILES string of the molecule is COc1ccc(OC)c(S(=O)(=O)NN=C(C)c2ccco2)c1. The van der Waals surface area contributed by atoms with Gasteiger partial charge in [0.25, 0.3) is 10.0 Å². The van der Waals surface area contributed by atoms with Crippen molar-refractivity contribution in [2.24, 2.45) is 5.10 Å². The Labute approximate surface area is 128 Å². The molecule has 2 aromatic rings. The van der Waals surface area contributed by atoms with Crippen LogP contribution in [0.3, 0.4) is 0 Å². The molecule has 1 aromatic heterocycles. The van der Waals surface area contributed by atoms with Crippen molar-refractivity contribution in [3.63, 3.8) is 0 Å². The lowest BCUT2D eigenvalue weighted by Crippen LogP contribution is -2.20. The fourth-order valence-corrected chi connectivity index (χ4v) is 2.75. The smallest absolute Gasteiger partial charge is 0.280 e. The first-order valence-electron chi connectivity index (χ1n) is 6.30. The Bertz CT molecular complexity index is 767. The van der Waals surface area contributed by atoms with Crippen LogP contribution in [0.15, 0.2) is 51.0 Å². The predicted octanol–water partition coefficient (Wildman–Crippen LogP) is 2.00. The van der Waals surface area contributed by atoms with Gasteiger partial charge in [-0.2, -0.15) is 18.4 Å². The summed E-state index contributed by atoms with van der Waals surface area (Å²) in [6, 6.07) is 7.85. The van der Waals surface area contributed by atoms with Gasteiger partial charge in [0.05, 0.1) is 20.5 Å². The Morgan fingerprint density at radius 2 is 2.00 bits per heavy atom. The van der Waals surface area contributed by atoms with Crippen LogP contribution >= 0.6 is 0 Å². The molecule has 1 aromatic carbocycles. The van der Waals surface area contributed by atoms with Crippen LogP contribution in [0.5, 0.6) is 11.5 Å². The first kappa shape index (κ1) is 15.9. The second-order valence-electron chi connectivity index (χ2n) is 4.29. The van der Waals surface area contributed by atoms with Gasteiger partial charge in [-0.05, 0) is 31.2 Å². The monoisotopic (exact) mass is 324 g/mol. The van der Waals surface area contributed by atoms with E-state index >= 15 is 0 Å². The molecule has 0 atom stereocenters. The van der Waals surface area contributed by atoms with E-state index in [1.807, 2.05) is 0 Å². The van der Waals surface area contributed by atoms with Gasteiger partial charge in [-0.1, -0.05) is 0 Å². The summed E-state index contributed by atoms with van der Waals surface area (Å²) in [4.78, 5) is 2.09. The summed E-state index contributed by atoms with van der Waals surface area (Å²) in [5, 5.41) is 3.83. The summed E-state index contributed by atoms with van der Waals surface area (Å²) in [5.41, 5.74) is 0.399. The molecule has 2 rings (SSSR count). The van der Waals surface area contributed by atoms with E-state index in [2.05, 4.69) is 9.93 Å². The minimum absolute atomic E-state index is 0.0645. The summed E-state index contributed by atoms with van der Waals surface area (Å²) in [6.07, 6.45) is 1.48. The third-order valence-electron chi connectivity index (χ3n) is 2.87. The molecule has 0 radical (unpaired) electrons. The van der Waals surface area contributed by atoms with Crippen molar-refractivity contribution in [2.45, 2.75) is 11.8 Å². The maximum atomic E-state index is 12.4. The van der Waals surface area contributed by atoms with Crippen LogP contribution in [0.4, 0.5) is 0 Å². The Hall–Kier alpha value is -2.48. The lowest BCUT2D eigenvalue weighted by Gasteiger charge is -2.10. The highest BCUT2D eigenvalue weighted by Crippen LogP contribution is 2.27. The molecule has 0 aliphatic carbocycles. The summed E-state index contributed by atoms with van der Waals surface area (Å²) in [5.74, 6) is 1.06. The molecule has 0 spiro atoms. The average Bonchev–Trinajstić information content (AvgIpc) is 3.06. The van der Waals surface area contributed by atoms with E-state index in [4.69, 9.17) is 13.9 Å². The van der Waals surface area contributed by atoms with E-state index in [1.165, 1.54) is 32.6 Å². The number of hydrazone groups is 1. The molecule has 0 unspecified atom stereocenters. The summed E-state index contributed by atoms with van der Waals surface area (Å²) >= 11 is 0. The summed E-state index contributed by atoms with van der Waals surface area (Å²) in [6.45, 7) is 1.63. The number of sulfonamides is 1. The van der Waals surface area contributed by atoms with Crippen LogP contribution in [0.2, 0.25) is 0 Å². The van der Waals surface area contributed by atoms with Crippen molar-refractivity contribution >= 4 is 15.7 Å². The van der Waals surface area contributed by atoms with Crippen LogP contribution in [-0.2, 0) is 10.0 Å². The molecule has 8 heteroatoms. The maximum Gasteiger partial charge on any atom is 0.280 e. The number of hydrogen-bond donors (Lipinski definition) is 1. The topological polar surface area (TPSA) is 90.1 Å². The van der Waals surface area contributed by atoms with Crippen LogP contribution in [0, 0.1) is 0 Å². The molecule has 0 fully saturated rings. The normalized spacial score (nSPS) is 12.0. The first-order chi connectivity index (χ1) is 10.5. The number of nitrogens with zero attached hydrogens (tertiary/aromatic N) is 1. The van der Waals surface area contributed by atoms with Crippen molar-refractivity contribution in [3.8, 4) is 11.5 Å². The van der Waals surface area contributed by atoms with E-state index in [9.17, 15) is 8.42 Å². The van der Waals surface area contributed by atoms with E-state index in [0.717, 1.165) is 0 Å². The molecule has 0 amide bonds. The number of hydrogen-bond acceptors (Lipinski definition) is 6. The summed E-state index contributed by atoms with van der Waals surface area (Å²) in [7, 11) is -1.07. The fraction of sp³-hybridized carbons (Fsp3) is 0.214. The molecule has 0 aliphatic heterocycles. The average molecular weight is 324 g/mol. The molecule has 0 bridgehead atoms. The number of methoxy groups -OCH3 is 2. The van der Waals surface area contributed by atoms with E-state index < -0.39 is 10.0 Å². The Morgan fingerprint density at radius 3 is 2.59 bits per heavy atom. The Kier molecular flexibility index (Phi) is 4.71. The zero-order valence-electron chi connectivity index (χ0n) is 12.4. The third kappa shape index (κ3) is 3.40. The highest BCUT2D eigenvalue weighted by atomic mass is 32.2. The number of nitrogens with one attached hydrogen (secondary N) is 1. The molecule has 22 heavy (non-hydrogen) atoms. The van der Waals surface area contributed by atoms with Gasteiger partial charge in [-0.15, -0.1) is 0 Å². The van der Waals surface area contributed by atoms with E-state index in [-0.39, 0.29) is 10.6 Å². The summed E-state index contributed by atoms with van der Waals surface area (Å²) < 4.78 is 40.0. The highest BCUT2D eigenvalue weighted by Gasteiger charge is 2.20. The number of rotatable bonds is 6. The standard InChI is InChI=1S/C14H16N2O5S/c1-10(12-5-4-8-21-12)15-16-22(17,18)14-9-11(19-2)6-7-13(14)20-3/h4-9,16H,1-3H3. The highest BCUT2D eigenvalue weighted by molar-refractivity contribution is 7.89. The zero-order valence-corrected chi connectivity index (χ0v) is 13.2. The van der Waals surface area contributed by atoms with E-state index in [1.54, 1.807) is 25.1 Å². The van der Waals surface area contributed by atoms with Crippen molar-refractivity contribution in [3.05, 3.63) is 42.4 Å². The van der Waals surface area contributed by atoms with Gasteiger partial charge >= 0.3 is 0 Å². The maximum absolute atomic E-state index is 12.4. The van der Waals surface area contributed by atoms with Crippen molar-refractivity contribution < 1.29 is 22.3 Å². The van der Waals surface area contributed by atoms with E-state index in [0.29, 0.717) is 17.2 Å². The largest absolute Gasteiger partial charge is 0.497 e. The first-order valence-corrected chi connectivity index (χ1v) is 7.78. The van der Waals surface area contributed by atoms with Gasteiger partial charge < -0.3 is 13.9 Å². The second-order valence-corrected chi connectivity index (χ2v) is 5.92. The van der Waals surface area contributed by atoms with Crippen LogP contribution < -0.4 is 14.3 Å². The molecule has 0 saturated heterocycles. The minimum Gasteiger partial charge on any atom is -0.497 e. The fourth-order valence-electron chi connectivity index (χ4n) is 1.71.